The maximum atomic E-state index is 11.8. The van der Waals surface area contributed by atoms with Gasteiger partial charge in [-0.3, -0.25) is 4.79 Å². The number of hydrogen-bond donors (Lipinski definition) is 1. The highest BCUT2D eigenvalue weighted by molar-refractivity contribution is 9.09. The van der Waals surface area contributed by atoms with Crippen LogP contribution >= 0.6 is 15.9 Å². The molecular formula is C8H13BrN4O. The lowest BCUT2D eigenvalue weighted by Crippen LogP contribution is -2.46. The van der Waals surface area contributed by atoms with Crippen molar-refractivity contribution in [2.75, 3.05) is 12.4 Å². The van der Waals surface area contributed by atoms with Crippen LogP contribution in [-0.4, -0.2) is 44.1 Å². The highest BCUT2D eigenvalue weighted by atomic mass is 79.9. The summed E-state index contributed by atoms with van der Waals surface area (Å²) in [5, 5.41) is 10.5. The Bertz CT molecular complexity index is 309. The van der Waals surface area contributed by atoms with E-state index in [0.717, 1.165) is 0 Å². The first-order valence-corrected chi connectivity index (χ1v) is 5.31. The lowest BCUT2D eigenvalue weighted by molar-refractivity contribution is 0.0657. The molecule has 0 saturated heterocycles. The first-order chi connectivity index (χ1) is 6.49. The molecule has 0 saturated carbocycles. The van der Waals surface area contributed by atoms with Crippen LogP contribution in [0.5, 0.6) is 0 Å². The Kier molecular flexibility index (Phi) is 3.25. The second-order valence-electron chi connectivity index (χ2n) is 3.67. The zero-order chi connectivity index (χ0) is 10.8. The number of amides is 1. The fraction of sp³-hybridized carbons (Fsp3) is 0.625. The molecule has 0 aromatic carbocycles. The van der Waals surface area contributed by atoms with Crippen LogP contribution in [-0.2, 0) is 0 Å². The molecule has 78 valence electrons. The largest absolute Gasteiger partial charge is 0.334 e. The van der Waals surface area contributed by atoms with Crippen LogP contribution in [0.2, 0.25) is 0 Å². The van der Waals surface area contributed by atoms with Crippen molar-refractivity contribution in [1.82, 2.24) is 20.3 Å². The second-order valence-corrected chi connectivity index (χ2v) is 4.23. The van der Waals surface area contributed by atoms with E-state index in [2.05, 4.69) is 31.3 Å². The Morgan fingerprint density at radius 1 is 1.71 bits per heavy atom. The summed E-state index contributed by atoms with van der Waals surface area (Å²) in [5.41, 5.74) is 0.0947. The van der Waals surface area contributed by atoms with Gasteiger partial charge in [-0.2, -0.15) is 15.4 Å². The molecule has 0 bridgehead atoms. The molecule has 0 unspecified atom stereocenters. The van der Waals surface area contributed by atoms with E-state index in [0.29, 0.717) is 11.0 Å². The summed E-state index contributed by atoms with van der Waals surface area (Å²) in [6.45, 7) is 3.94. The number of rotatable bonds is 3. The molecule has 14 heavy (non-hydrogen) atoms. The lowest BCUT2D eigenvalue weighted by atomic mass is 10.1. The van der Waals surface area contributed by atoms with Crippen molar-refractivity contribution in [3.63, 3.8) is 0 Å². The number of carbonyl (C=O) groups is 1. The van der Waals surface area contributed by atoms with Crippen molar-refractivity contribution in [3.05, 3.63) is 11.9 Å². The van der Waals surface area contributed by atoms with E-state index in [1.165, 1.54) is 6.20 Å². The average Bonchev–Trinajstić information content (AvgIpc) is 2.68. The van der Waals surface area contributed by atoms with E-state index in [4.69, 9.17) is 0 Å². The maximum Gasteiger partial charge on any atom is 0.276 e. The van der Waals surface area contributed by atoms with E-state index in [1.54, 1.807) is 11.9 Å². The molecule has 0 aliphatic carbocycles. The molecule has 0 fully saturated rings. The Morgan fingerprint density at radius 3 is 2.79 bits per heavy atom. The molecule has 0 radical (unpaired) electrons. The van der Waals surface area contributed by atoms with Crippen LogP contribution in [0.3, 0.4) is 0 Å². The Labute approximate surface area is 91.0 Å². The SMILES string of the molecule is CN(C(=O)c1cn[nH]n1)C(C)(C)CBr. The van der Waals surface area contributed by atoms with Gasteiger partial charge in [-0.25, -0.2) is 0 Å². The summed E-state index contributed by atoms with van der Waals surface area (Å²) in [5.74, 6) is -0.136. The van der Waals surface area contributed by atoms with Gasteiger partial charge in [0, 0.05) is 17.9 Å². The normalized spacial score (nSPS) is 11.4. The summed E-state index contributed by atoms with van der Waals surface area (Å²) >= 11 is 3.37. The molecule has 0 aliphatic heterocycles. The first-order valence-electron chi connectivity index (χ1n) is 4.19. The molecule has 0 atom stereocenters. The van der Waals surface area contributed by atoms with E-state index < -0.39 is 0 Å². The van der Waals surface area contributed by atoms with Crippen LogP contribution in [0.4, 0.5) is 0 Å². The number of carbonyl (C=O) groups excluding carboxylic acids is 1. The monoisotopic (exact) mass is 260 g/mol. The van der Waals surface area contributed by atoms with E-state index in [9.17, 15) is 4.79 Å². The lowest BCUT2D eigenvalue weighted by Gasteiger charge is -2.33. The summed E-state index contributed by atoms with van der Waals surface area (Å²) < 4.78 is 0. The van der Waals surface area contributed by atoms with Crippen LogP contribution in [0.1, 0.15) is 24.3 Å². The van der Waals surface area contributed by atoms with Crippen LogP contribution in [0.15, 0.2) is 6.20 Å². The van der Waals surface area contributed by atoms with Crippen molar-refractivity contribution in [2.24, 2.45) is 0 Å². The van der Waals surface area contributed by atoms with Gasteiger partial charge in [-0.05, 0) is 13.8 Å². The zero-order valence-electron chi connectivity index (χ0n) is 8.41. The first kappa shape index (κ1) is 11.2. The van der Waals surface area contributed by atoms with Crippen LogP contribution in [0.25, 0.3) is 0 Å². The number of hydrogen-bond acceptors (Lipinski definition) is 3. The van der Waals surface area contributed by atoms with Gasteiger partial charge >= 0.3 is 0 Å². The summed E-state index contributed by atoms with van der Waals surface area (Å²) in [6.07, 6.45) is 1.42. The van der Waals surface area contributed by atoms with Crippen molar-refractivity contribution in [2.45, 2.75) is 19.4 Å². The third-order valence-electron chi connectivity index (χ3n) is 2.17. The average molecular weight is 261 g/mol. The molecule has 0 aliphatic rings. The van der Waals surface area contributed by atoms with Crippen LogP contribution < -0.4 is 0 Å². The number of alkyl halides is 1. The fourth-order valence-corrected chi connectivity index (χ4v) is 1.22. The molecule has 1 rings (SSSR count). The molecule has 1 amide bonds. The highest BCUT2D eigenvalue weighted by Gasteiger charge is 2.28. The molecule has 1 aromatic rings. The van der Waals surface area contributed by atoms with E-state index in [1.807, 2.05) is 13.8 Å². The smallest absolute Gasteiger partial charge is 0.276 e. The van der Waals surface area contributed by atoms with Gasteiger partial charge in [0.25, 0.3) is 5.91 Å². The zero-order valence-corrected chi connectivity index (χ0v) is 10.00. The molecule has 6 heteroatoms. The highest BCUT2D eigenvalue weighted by Crippen LogP contribution is 2.16. The van der Waals surface area contributed by atoms with E-state index in [-0.39, 0.29) is 11.4 Å². The standard InChI is InChI=1S/C8H13BrN4O/c1-8(2,5-9)13(3)7(14)6-4-10-12-11-6/h4H,5H2,1-3H3,(H,10,11,12). The minimum atomic E-state index is -0.240. The Morgan fingerprint density at radius 2 is 2.36 bits per heavy atom. The predicted molar refractivity (Wildman–Crippen MR) is 56.3 cm³/mol. The third kappa shape index (κ3) is 2.12. The molecule has 1 aromatic heterocycles. The fourth-order valence-electron chi connectivity index (χ4n) is 0.841. The summed E-state index contributed by atoms with van der Waals surface area (Å²) in [4.78, 5) is 13.4. The van der Waals surface area contributed by atoms with Crippen molar-refractivity contribution >= 4 is 21.8 Å². The van der Waals surface area contributed by atoms with Crippen molar-refractivity contribution < 1.29 is 4.79 Å². The molecular weight excluding hydrogens is 248 g/mol. The number of nitrogens with zero attached hydrogens (tertiary/aromatic N) is 3. The summed E-state index contributed by atoms with van der Waals surface area (Å²) in [6, 6.07) is 0. The summed E-state index contributed by atoms with van der Waals surface area (Å²) in [7, 11) is 1.75. The topological polar surface area (TPSA) is 61.9 Å². The molecule has 0 spiro atoms. The van der Waals surface area contributed by atoms with Gasteiger partial charge in [-0.1, -0.05) is 15.9 Å². The molecule has 1 heterocycles. The maximum absolute atomic E-state index is 11.8. The number of halogens is 1. The third-order valence-corrected chi connectivity index (χ3v) is 3.55. The number of aromatic amines is 1. The van der Waals surface area contributed by atoms with Crippen molar-refractivity contribution in [3.8, 4) is 0 Å². The van der Waals surface area contributed by atoms with Crippen molar-refractivity contribution in [1.29, 1.82) is 0 Å². The predicted octanol–water partition coefficient (Wildman–Crippen LogP) is 1.05. The van der Waals surface area contributed by atoms with Gasteiger partial charge in [0.15, 0.2) is 5.69 Å². The Balaban J connectivity index is 2.81. The number of H-pyrrole nitrogens is 1. The van der Waals surface area contributed by atoms with Gasteiger partial charge < -0.3 is 4.90 Å². The van der Waals surface area contributed by atoms with Gasteiger partial charge in [0.05, 0.1) is 6.20 Å². The Hall–Kier alpha value is -0.910. The van der Waals surface area contributed by atoms with Gasteiger partial charge in [-0.15, -0.1) is 0 Å². The number of aromatic nitrogens is 3. The molecule has 1 N–H and O–H groups in total. The molecule has 5 nitrogen and oxygen atoms in total. The van der Waals surface area contributed by atoms with Crippen LogP contribution in [0, 0.1) is 0 Å². The number of nitrogens with one attached hydrogen (secondary N) is 1. The minimum absolute atomic E-state index is 0.136. The van der Waals surface area contributed by atoms with E-state index >= 15 is 0 Å². The van der Waals surface area contributed by atoms with Gasteiger partial charge in [0.1, 0.15) is 0 Å². The quantitative estimate of drug-likeness (QED) is 0.827. The minimum Gasteiger partial charge on any atom is -0.334 e. The second kappa shape index (κ2) is 4.08. The van der Waals surface area contributed by atoms with Gasteiger partial charge in [0.2, 0.25) is 0 Å².